The molecule has 1 aliphatic heterocycles. The van der Waals surface area contributed by atoms with E-state index in [-0.39, 0.29) is 11.4 Å². The highest BCUT2D eigenvalue weighted by atomic mass is 16.4. The summed E-state index contributed by atoms with van der Waals surface area (Å²) in [5, 5.41) is 20.3. The van der Waals surface area contributed by atoms with E-state index in [1.165, 1.54) is 23.5 Å². The van der Waals surface area contributed by atoms with Crippen molar-refractivity contribution in [3.63, 3.8) is 0 Å². The van der Waals surface area contributed by atoms with Gasteiger partial charge in [0, 0.05) is 30.1 Å². The zero-order chi connectivity index (χ0) is 13.4. The fraction of sp³-hybridized carbons (Fsp3) is 0.100. The van der Waals surface area contributed by atoms with Gasteiger partial charge < -0.3 is 15.2 Å². The van der Waals surface area contributed by atoms with Crippen LogP contribution in [-0.2, 0) is 0 Å². The van der Waals surface area contributed by atoms with Crippen molar-refractivity contribution in [2.24, 2.45) is 5.11 Å². The molecule has 8 nitrogen and oxygen atoms in total. The monoisotopic (exact) mass is 249 g/mol. The molecule has 1 aromatic heterocycles. The fourth-order valence-corrected chi connectivity index (χ4v) is 1.08. The molecule has 18 heavy (non-hydrogen) atoms. The van der Waals surface area contributed by atoms with Crippen molar-refractivity contribution < 1.29 is 15.0 Å². The number of hydrogen-bond donors (Lipinski definition) is 3. The van der Waals surface area contributed by atoms with Crippen molar-refractivity contribution in [2.45, 2.75) is 0 Å². The summed E-state index contributed by atoms with van der Waals surface area (Å²) in [7, 11) is 0. The lowest BCUT2D eigenvalue weighted by atomic mass is 10.4. The predicted molar refractivity (Wildman–Crippen MR) is 64.3 cm³/mol. The van der Waals surface area contributed by atoms with Crippen molar-refractivity contribution in [3.8, 4) is 5.75 Å². The number of aromatic nitrogens is 1. The average molecular weight is 249 g/mol. The Labute approximate surface area is 102 Å². The maximum absolute atomic E-state index is 10.2. The number of nitrogens with zero attached hydrogens (tertiary/aromatic N) is 4. The lowest BCUT2D eigenvalue weighted by Gasteiger charge is -2.12. The number of azide groups is 1. The van der Waals surface area contributed by atoms with Gasteiger partial charge in [0.2, 0.25) is 0 Å². The topological polar surface area (TPSA) is 125 Å². The highest BCUT2D eigenvalue weighted by Gasteiger charge is 2.05. The highest BCUT2D eigenvalue weighted by Crippen LogP contribution is 2.24. The predicted octanol–water partition coefficient (Wildman–Crippen LogP) is 2.71. The molecule has 0 radical (unpaired) electrons. The summed E-state index contributed by atoms with van der Waals surface area (Å²) in [6, 6.07) is 0. The first kappa shape index (κ1) is 13.2. The van der Waals surface area contributed by atoms with Crippen LogP contribution in [0.15, 0.2) is 41.9 Å². The summed E-state index contributed by atoms with van der Waals surface area (Å²) in [4.78, 5) is 16.5. The van der Waals surface area contributed by atoms with Gasteiger partial charge in [0.1, 0.15) is 5.75 Å². The molecule has 0 aromatic carbocycles. The van der Waals surface area contributed by atoms with Crippen molar-refractivity contribution in [1.82, 2.24) is 9.88 Å². The Kier molecular flexibility index (Phi) is 4.89. The van der Waals surface area contributed by atoms with Crippen LogP contribution in [0, 0.1) is 0 Å². The van der Waals surface area contributed by atoms with E-state index in [4.69, 9.17) is 15.7 Å². The molecule has 0 saturated carbocycles. The van der Waals surface area contributed by atoms with Gasteiger partial charge in [0.15, 0.2) is 0 Å². The molecule has 0 atom stereocenters. The Hall–Kier alpha value is -2.86. The molecule has 8 heteroatoms. The third-order valence-corrected chi connectivity index (χ3v) is 1.92. The molecule has 1 amide bonds. The van der Waals surface area contributed by atoms with Crippen molar-refractivity contribution in [2.75, 3.05) is 6.54 Å². The minimum atomic E-state index is -0.907. The number of nitrogens with one attached hydrogen (secondary N) is 1. The van der Waals surface area contributed by atoms with Gasteiger partial charge in [-0.3, -0.25) is 4.90 Å². The number of amides is 1. The maximum atomic E-state index is 10.2. The molecular formula is C10H11N5O3. The molecule has 0 fully saturated rings. The first-order chi connectivity index (χ1) is 8.65. The van der Waals surface area contributed by atoms with Crippen LogP contribution in [0.4, 0.5) is 10.5 Å². The van der Waals surface area contributed by atoms with E-state index in [1.807, 2.05) is 6.08 Å². The minimum absolute atomic E-state index is 0.0344. The number of allylic oxidation sites excluding steroid dienone is 2. The maximum Gasteiger partial charge on any atom is 0.411 e. The van der Waals surface area contributed by atoms with Crippen LogP contribution in [0.25, 0.3) is 10.4 Å². The van der Waals surface area contributed by atoms with Gasteiger partial charge in [0.05, 0.1) is 5.69 Å². The average Bonchev–Trinajstić information content (AvgIpc) is 2.78. The van der Waals surface area contributed by atoms with Gasteiger partial charge in [0.25, 0.3) is 0 Å². The molecule has 0 bridgehead atoms. The van der Waals surface area contributed by atoms with Crippen LogP contribution >= 0.6 is 0 Å². The van der Waals surface area contributed by atoms with Crippen LogP contribution in [0.2, 0.25) is 0 Å². The Morgan fingerprint density at radius 1 is 1.50 bits per heavy atom. The second-order valence-electron chi connectivity index (χ2n) is 3.12. The van der Waals surface area contributed by atoms with E-state index in [9.17, 15) is 4.79 Å². The van der Waals surface area contributed by atoms with E-state index < -0.39 is 6.09 Å². The molecule has 2 rings (SSSR count). The zero-order valence-electron chi connectivity index (χ0n) is 9.26. The second kappa shape index (κ2) is 6.66. The van der Waals surface area contributed by atoms with Crippen molar-refractivity contribution in [3.05, 3.63) is 47.3 Å². The molecule has 0 aliphatic carbocycles. The summed E-state index contributed by atoms with van der Waals surface area (Å²) in [6.07, 6.45) is 8.67. The van der Waals surface area contributed by atoms with E-state index in [0.717, 1.165) is 0 Å². The smallest absolute Gasteiger partial charge is 0.411 e. The molecule has 0 spiro atoms. The van der Waals surface area contributed by atoms with E-state index in [2.05, 4.69) is 15.0 Å². The van der Waals surface area contributed by atoms with Gasteiger partial charge in [-0.15, -0.1) is 0 Å². The summed E-state index contributed by atoms with van der Waals surface area (Å²) >= 11 is 0. The normalized spacial score (nSPS) is 12.3. The second-order valence-corrected chi connectivity index (χ2v) is 3.12. The van der Waals surface area contributed by atoms with Gasteiger partial charge >= 0.3 is 6.09 Å². The number of aromatic hydroxyl groups is 1. The molecule has 3 N–H and O–H groups in total. The molecule has 0 unspecified atom stereocenters. The van der Waals surface area contributed by atoms with Crippen molar-refractivity contribution in [1.29, 1.82) is 0 Å². The van der Waals surface area contributed by atoms with Gasteiger partial charge in [-0.05, 0) is 11.6 Å². The first-order valence-corrected chi connectivity index (χ1v) is 4.89. The lowest BCUT2D eigenvalue weighted by molar-refractivity contribution is 0.166. The van der Waals surface area contributed by atoms with E-state index in [0.29, 0.717) is 6.54 Å². The third kappa shape index (κ3) is 3.95. The molecular weight excluding hydrogens is 238 g/mol. The summed E-state index contributed by atoms with van der Waals surface area (Å²) in [6.45, 7) is 0.464. The van der Waals surface area contributed by atoms with Crippen LogP contribution < -0.4 is 0 Å². The first-order valence-electron chi connectivity index (χ1n) is 4.89. The number of carboxylic acid groups (broad SMARTS) is 1. The van der Waals surface area contributed by atoms with Crippen LogP contribution in [-0.4, -0.2) is 32.7 Å². The van der Waals surface area contributed by atoms with E-state index >= 15 is 0 Å². The molecule has 94 valence electrons. The zero-order valence-corrected chi connectivity index (χ0v) is 9.26. The van der Waals surface area contributed by atoms with E-state index in [1.54, 1.807) is 12.2 Å². The molecule has 2 heterocycles. The Morgan fingerprint density at radius 2 is 2.28 bits per heavy atom. The number of aromatic amines is 1. The van der Waals surface area contributed by atoms with Gasteiger partial charge in [-0.25, -0.2) is 4.79 Å². The number of H-pyrrole nitrogens is 1. The lowest BCUT2D eigenvalue weighted by Crippen LogP contribution is -2.24. The largest absolute Gasteiger partial charge is 0.506 e. The van der Waals surface area contributed by atoms with Crippen LogP contribution in [0.5, 0.6) is 5.75 Å². The number of rotatable bonds is 1. The summed E-state index contributed by atoms with van der Waals surface area (Å²) in [5.74, 6) is -0.0344. The third-order valence-electron chi connectivity index (χ3n) is 1.92. The van der Waals surface area contributed by atoms with Crippen molar-refractivity contribution >= 4 is 11.8 Å². The van der Waals surface area contributed by atoms with Gasteiger partial charge in [-0.2, -0.15) is 0 Å². The number of carbonyl (C=O) groups is 1. The Morgan fingerprint density at radius 3 is 2.67 bits per heavy atom. The summed E-state index contributed by atoms with van der Waals surface area (Å²) < 4.78 is 0. The highest BCUT2D eigenvalue weighted by molar-refractivity contribution is 5.66. The minimum Gasteiger partial charge on any atom is -0.506 e. The molecule has 1 aromatic rings. The van der Waals surface area contributed by atoms with Crippen LogP contribution in [0.3, 0.4) is 0 Å². The fourth-order valence-electron chi connectivity index (χ4n) is 1.08. The molecule has 0 saturated heterocycles. The Bertz CT molecular complexity index is 513. The van der Waals surface area contributed by atoms with Crippen LogP contribution in [0.1, 0.15) is 0 Å². The molecule has 1 aliphatic rings. The quantitative estimate of drug-likeness (QED) is 0.402. The standard InChI is InChI=1S/C6H7NO2.C4H4N4O/c8-6(9)7-4-2-1-3-5-7;5-8-7-3-1-6-2-4(3)9/h1-4H,5H2,(H,8,9);1-2,6,9H. The number of hydrogen-bond acceptors (Lipinski definition) is 3. The van der Waals surface area contributed by atoms with Gasteiger partial charge in [-0.1, -0.05) is 17.3 Å². The SMILES string of the molecule is O=C(O)N1C=CC=CC1.[N-]=[N+]=Nc1c[nH]cc1O. The Balaban J connectivity index is 0.000000180. The summed E-state index contributed by atoms with van der Waals surface area (Å²) in [5.41, 5.74) is 8.12.